The highest BCUT2D eigenvalue weighted by atomic mass is 16.5. The molecule has 0 saturated heterocycles. The Morgan fingerprint density at radius 3 is 2.51 bits per heavy atom. The molecule has 0 radical (unpaired) electrons. The molecular formula is C30H28N4O3. The fourth-order valence-corrected chi connectivity index (χ4v) is 4.40. The van der Waals surface area contributed by atoms with Crippen molar-refractivity contribution in [3.05, 3.63) is 84.4 Å². The first-order valence-corrected chi connectivity index (χ1v) is 12.3. The first-order chi connectivity index (χ1) is 18.0. The lowest BCUT2D eigenvalue weighted by Gasteiger charge is -2.09. The molecule has 5 rings (SSSR count). The van der Waals surface area contributed by atoms with Crippen molar-refractivity contribution >= 4 is 33.4 Å². The summed E-state index contributed by atoms with van der Waals surface area (Å²) >= 11 is 0. The highest BCUT2D eigenvalue weighted by molar-refractivity contribution is 6.07. The minimum absolute atomic E-state index is 0.0231. The molecule has 0 fully saturated rings. The van der Waals surface area contributed by atoms with Crippen molar-refractivity contribution in [2.75, 3.05) is 7.11 Å². The molecule has 0 bridgehead atoms. The average molecular weight is 493 g/mol. The van der Waals surface area contributed by atoms with E-state index in [1.807, 2.05) is 71.3 Å². The van der Waals surface area contributed by atoms with Gasteiger partial charge in [-0.25, -0.2) is 4.98 Å². The van der Waals surface area contributed by atoms with Crippen molar-refractivity contribution in [2.45, 2.75) is 26.8 Å². The van der Waals surface area contributed by atoms with Gasteiger partial charge < -0.3 is 14.4 Å². The average Bonchev–Trinajstić information content (AvgIpc) is 3.19. The van der Waals surface area contributed by atoms with Gasteiger partial charge in [-0.15, -0.1) is 10.2 Å². The van der Waals surface area contributed by atoms with E-state index >= 15 is 0 Å². The van der Waals surface area contributed by atoms with E-state index in [1.165, 1.54) is 0 Å². The van der Waals surface area contributed by atoms with Gasteiger partial charge in [0.15, 0.2) is 5.69 Å². The summed E-state index contributed by atoms with van der Waals surface area (Å²) in [6.45, 7) is 4.88. The first-order valence-electron chi connectivity index (χ1n) is 12.3. The predicted octanol–water partition coefficient (Wildman–Crippen LogP) is 7.54. The number of ether oxygens (including phenoxy) is 1. The van der Waals surface area contributed by atoms with Gasteiger partial charge in [0.1, 0.15) is 5.75 Å². The van der Waals surface area contributed by atoms with Gasteiger partial charge in [0.25, 0.3) is 5.91 Å². The zero-order valence-corrected chi connectivity index (χ0v) is 21.0. The quantitative estimate of drug-likeness (QED) is 0.238. The van der Waals surface area contributed by atoms with Gasteiger partial charge in [-0.05, 0) is 42.7 Å². The number of carbonyl (C=O) groups excluding carboxylic acids is 1. The second kappa shape index (κ2) is 10.2. The molecule has 7 heteroatoms. The number of methoxy groups -OCH3 is 1. The molecule has 7 nitrogen and oxygen atoms in total. The number of nitrogens with zero attached hydrogens (tertiary/aromatic N) is 4. The number of benzene rings is 3. The maximum Gasteiger partial charge on any atom is 0.296 e. The van der Waals surface area contributed by atoms with Gasteiger partial charge >= 0.3 is 0 Å². The topological polar surface area (TPSA) is 89.1 Å². The van der Waals surface area contributed by atoms with Crippen molar-refractivity contribution in [3.8, 4) is 22.9 Å². The second-order valence-corrected chi connectivity index (χ2v) is 9.33. The number of carbonyl (C=O) groups is 1. The number of fused-ring (bicyclic) bond motifs is 2. The Morgan fingerprint density at radius 1 is 1.00 bits per heavy atom. The van der Waals surface area contributed by atoms with Crippen molar-refractivity contribution < 1.29 is 14.6 Å². The number of pyridine rings is 1. The second-order valence-electron chi connectivity index (χ2n) is 9.33. The van der Waals surface area contributed by atoms with Crippen LogP contribution < -0.4 is 4.74 Å². The summed E-state index contributed by atoms with van der Waals surface area (Å²) in [5, 5.41) is 20.8. The Kier molecular flexibility index (Phi) is 6.68. The molecule has 0 aliphatic rings. The van der Waals surface area contributed by atoms with Gasteiger partial charge in [-0.1, -0.05) is 62.4 Å². The van der Waals surface area contributed by atoms with Gasteiger partial charge in [0, 0.05) is 22.9 Å². The molecule has 3 aromatic carbocycles. The van der Waals surface area contributed by atoms with Crippen LogP contribution in [0, 0.1) is 5.92 Å². The molecule has 2 aromatic heterocycles. The third kappa shape index (κ3) is 4.80. The van der Waals surface area contributed by atoms with Crippen molar-refractivity contribution in [2.24, 2.45) is 16.1 Å². The molecule has 0 saturated carbocycles. The normalized spacial score (nSPS) is 11.7. The minimum atomic E-state index is -0.513. The monoisotopic (exact) mass is 492 g/mol. The van der Waals surface area contributed by atoms with Crippen LogP contribution in [0.3, 0.4) is 0 Å². The highest BCUT2D eigenvalue weighted by Crippen LogP contribution is 2.41. The molecule has 0 aliphatic carbocycles. The van der Waals surface area contributed by atoms with Crippen molar-refractivity contribution in [3.63, 3.8) is 0 Å². The summed E-state index contributed by atoms with van der Waals surface area (Å²) in [6, 6.07) is 24.4. The highest BCUT2D eigenvalue weighted by Gasteiger charge is 2.19. The lowest BCUT2D eigenvalue weighted by atomic mass is 10.0. The van der Waals surface area contributed by atoms with Gasteiger partial charge in [0.05, 0.1) is 29.4 Å². The molecule has 5 aromatic rings. The lowest BCUT2D eigenvalue weighted by Crippen LogP contribution is -2.00. The van der Waals surface area contributed by atoms with Crippen molar-refractivity contribution in [1.82, 2.24) is 9.55 Å². The van der Waals surface area contributed by atoms with E-state index in [0.29, 0.717) is 45.8 Å². The summed E-state index contributed by atoms with van der Waals surface area (Å²) in [4.78, 5) is 18.1. The van der Waals surface area contributed by atoms with Crippen LogP contribution in [0.2, 0.25) is 0 Å². The Balaban J connectivity index is 1.59. The molecule has 0 spiro atoms. The van der Waals surface area contributed by atoms with E-state index < -0.39 is 5.91 Å². The number of rotatable bonds is 7. The molecule has 0 atom stereocenters. The summed E-state index contributed by atoms with van der Waals surface area (Å²) in [7, 11) is 1.58. The van der Waals surface area contributed by atoms with Crippen LogP contribution in [0.15, 0.2) is 89.1 Å². The summed E-state index contributed by atoms with van der Waals surface area (Å²) in [5.41, 5.74) is 3.72. The van der Waals surface area contributed by atoms with E-state index in [9.17, 15) is 9.90 Å². The van der Waals surface area contributed by atoms with Crippen LogP contribution in [-0.2, 0) is 6.54 Å². The SMILES string of the molecule is COc1ccc2c(c1)c(N=NC(=O)c1cc(-c3ccccc3)nc3ccccc13)c(O)n2CCC(C)C. The van der Waals surface area contributed by atoms with E-state index in [0.717, 1.165) is 17.5 Å². The molecular weight excluding hydrogens is 464 g/mol. The zero-order valence-electron chi connectivity index (χ0n) is 21.0. The molecule has 2 heterocycles. The predicted molar refractivity (Wildman–Crippen MR) is 146 cm³/mol. The fourth-order valence-electron chi connectivity index (χ4n) is 4.40. The zero-order chi connectivity index (χ0) is 25.9. The maximum absolute atomic E-state index is 13.4. The number of aryl methyl sites for hydroxylation is 1. The number of para-hydroxylation sites is 1. The van der Waals surface area contributed by atoms with E-state index in [-0.39, 0.29) is 11.6 Å². The van der Waals surface area contributed by atoms with Crippen molar-refractivity contribution in [1.29, 1.82) is 0 Å². The van der Waals surface area contributed by atoms with E-state index in [1.54, 1.807) is 19.2 Å². The van der Waals surface area contributed by atoms with Gasteiger partial charge in [-0.3, -0.25) is 4.79 Å². The maximum atomic E-state index is 13.4. The fraction of sp³-hybridized carbons (Fsp3) is 0.200. The third-order valence-corrected chi connectivity index (χ3v) is 6.40. The minimum Gasteiger partial charge on any atom is -0.497 e. The third-order valence-electron chi connectivity index (χ3n) is 6.40. The molecule has 37 heavy (non-hydrogen) atoms. The Bertz CT molecular complexity index is 1620. The largest absolute Gasteiger partial charge is 0.497 e. The van der Waals surface area contributed by atoms with Gasteiger partial charge in [-0.2, -0.15) is 0 Å². The van der Waals surface area contributed by atoms with Crippen LogP contribution in [0.25, 0.3) is 33.1 Å². The van der Waals surface area contributed by atoms with Crippen LogP contribution >= 0.6 is 0 Å². The smallest absolute Gasteiger partial charge is 0.296 e. The summed E-state index contributed by atoms with van der Waals surface area (Å²) in [6.07, 6.45) is 0.879. The van der Waals surface area contributed by atoms with Crippen LogP contribution in [0.5, 0.6) is 11.6 Å². The Labute approximate surface area is 215 Å². The molecule has 1 amide bonds. The molecule has 0 aliphatic heterocycles. The molecule has 1 N–H and O–H groups in total. The van der Waals surface area contributed by atoms with E-state index in [2.05, 4.69) is 24.1 Å². The standard InChI is InChI=1S/C30H28N4O3/c1-19(2)15-16-34-27-14-13-21(37-3)17-24(27)28(30(34)36)32-33-29(35)23-18-26(20-9-5-4-6-10-20)31-25-12-8-7-11-22(23)25/h4-14,17-19,36H,15-16H2,1-3H3. The number of hydrogen-bond donors (Lipinski definition) is 1. The summed E-state index contributed by atoms with van der Waals surface area (Å²) in [5.74, 6) is 0.552. The first kappa shape index (κ1) is 24.2. The van der Waals surface area contributed by atoms with Crippen LogP contribution in [0.4, 0.5) is 5.69 Å². The number of aromatic hydroxyl groups is 1. The summed E-state index contributed by atoms with van der Waals surface area (Å²) < 4.78 is 7.19. The van der Waals surface area contributed by atoms with E-state index in [4.69, 9.17) is 9.72 Å². The number of amides is 1. The van der Waals surface area contributed by atoms with Crippen LogP contribution in [-0.4, -0.2) is 27.7 Å². The Hall–Kier alpha value is -4.52. The molecule has 186 valence electrons. The lowest BCUT2D eigenvalue weighted by molar-refractivity contribution is 0.0996. The number of aromatic nitrogens is 2. The Morgan fingerprint density at radius 2 is 1.76 bits per heavy atom. The van der Waals surface area contributed by atoms with Gasteiger partial charge in [0.2, 0.25) is 5.88 Å². The van der Waals surface area contributed by atoms with Crippen LogP contribution in [0.1, 0.15) is 30.6 Å². The number of hydrogen-bond acceptors (Lipinski definition) is 5. The molecule has 0 unspecified atom stereocenters. The number of azo groups is 1.